The maximum Gasteiger partial charge on any atom is 0.134 e. The van der Waals surface area contributed by atoms with Gasteiger partial charge in [-0.05, 0) is 18.2 Å². The van der Waals surface area contributed by atoms with Gasteiger partial charge < -0.3 is 14.8 Å². The Morgan fingerprint density at radius 3 is 2.93 bits per heavy atom. The van der Waals surface area contributed by atoms with Gasteiger partial charge in [0.15, 0.2) is 0 Å². The minimum Gasteiger partial charge on any atom is -0.508 e. The SMILES string of the molecule is CC(C)NCc1coc2ccc(O)cc12. The van der Waals surface area contributed by atoms with Gasteiger partial charge in [0.2, 0.25) is 0 Å². The average Bonchev–Trinajstić information content (AvgIpc) is 2.57. The molecule has 3 heteroatoms. The van der Waals surface area contributed by atoms with Gasteiger partial charge in [-0.25, -0.2) is 0 Å². The molecule has 0 aliphatic carbocycles. The predicted octanol–water partition coefficient (Wildman–Crippen LogP) is 2.64. The van der Waals surface area contributed by atoms with Gasteiger partial charge in [0.1, 0.15) is 11.3 Å². The van der Waals surface area contributed by atoms with Gasteiger partial charge in [0, 0.05) is 23.5 Å². The molecule has 0 atom stereocenters. The van der Waals surface area contributed by atoms with E-state index in [9.17, 15) is 5.11 Å². The zero-order valence-corrected chi connectivity index (χ0v) is 8.95. The van der Waals surface area contributed by atoms with Gasteiger partial charge in [-0.15, -0.1) is 0 Å². The first-order valence-electron chi connectivity index (χ1n) is 5.09. The third-order valence-electron chi connectivity index (χ3n) is 2.34. The molecule has 3 nitrogen and oxygen atoms in total. The molecule has 2 aromatic rings. The summed E-state index contributed by atoms with van der Waals surface area (Å²) in [5.74, 6) is 0.273. The van der Waals surface area contributed by atoms with Crippen molar-refractivity contribution in [3.63, 3.8) is 0 Å². The molecule has 0 aliphatic rings. The van der Waals surface area contributed by atoms with Crippen molar-refractivity contribution in [2.45, 2.75) is 26.4 Å². The second-order valence-corrected chi connectivity index (χ2v) is 3.98. The van der Waals surface area contributed by atoms with Crippen LogP contribution in [0.4, 0.5) is 0 Å². The molecule has 15 heavy (non-hydrogen) atoms. The predicted molar refractivity (Wildman–Crippen MR) is 59.9 cm³/mol. The third-order valence-corrected chi connectivity index (χ3v) is 2.34. The van der Waals surface area contributed by atoms with Crippen molar-refractivity contribution in [2.75, 3.05) is 0 Å². The summed E-state index contributed by atoms with van der Waals surface area (Å²) in [6.07, 6.45) is 1.74. The van der Waals surface area contributed by atoms with E-state index >= 15 is 0 Å². The number of furan rings is 1. The van der Waals surface area contributed by atoms with E-state index in [1.807, 2.05) is 0 Å². The van der Waals surface area contributed by atoms with Crippen LogP contribution in [-0.2, 0) is 6.54 Å². The molecule has 80 valence electrons. The number of hydrogen-bond acceptors (Lipinski definition) is 3. The van der Waals surface area contributed by atoms with E-state index in [-0.39, 0.29) is 5.75 Å². The monoisotopic (exact) mass is 205 g/mol. The van der Waals surface area contributed by atoms with Crippen molar-refractivity contribution in [2.24, 2.45) is 0 Å². The summed E-state index contributed by atoms with van der Waals surface area (Å²) in [6, 6.07) is 5.58. The minimum absolute atomic E-state index is 0.273. The second-order valence-electron chi connectivity index (χ2n) is 3.98. The summed E-state index contributed by atoms with van der Waals surface area (Å²) in [5, 5.41) is 13.7. The van der Waals surface area contributed by atoms with Gasteiger partial charge in [0.25, 0.3) is 0 Å². The molecule has 0 unspecified atom stereocenters. The standard InChI is InChI=1S/C12H15NO2/c1-8(2)13-6-9-7-15-12-4-3-10(14)5-11(9)12/h3-5,7-8,13-14H,6H2,1-2H3. The summed E-state index contributed by atoms with van der Waals surface area (Å²) in [6.45, 7) is 4.95. The van der Waals surface area contributed by atoms with E-state index in [4.69, 9.17) is 4.42 Å². The van der Waals surface area contributed by atoms with Crippen LogP contribution in [0.5, 0.6) is 5.75 Å². The van der Waals surface area contributed by atoms with Crippen LogP contribution >= 0.6 is 0 Å². The number of nitrogens with one attached hydrogen (secondary N) is 1. The Kier molecular flexibility index (Phi) is 2.64. The summed E-state index contributed by atoms with van der Waals surface area (Å²) in [7, 11) is 0. The summed E-state index contributed by atoms with van der Waals surface area (Å²) in [5.41, 5.74) is 1.89. The fourth-order valence-electron chi connectivity index (χ4n) is 1.52. The van der Waals surface area contributed by atoms with E-state index in [0.29, 0.717) is 6.04 Å². The zero-order valence-electron chi connectivity index (χ0n) is 8.95. The highest BCUT2D eigenvalue weighted by Crippen LogP contribution is 2.25. The van der Waals surface area contributed by atoms with Gasteiger partial charge in [-0.1, -0.05) is 13.8 Å². The van der Waals surface area contributed by atoms with Crippen LogP contribution in [0, 0.1) is 0 Å². The lowest BCUT2D eigenvalue weighted by Gasteiger charge is -2.05. The Morgan fingerprint density at radius 1 is 1.40 bits per heavy atom. The van der Waals surface area contributed by atoms with Gasteiger partial charge in [-0.2, -0.15) is 0 Å². The molecule has 0 spiro atoms. The molecule has 0 radical (unpaired) electrons. The van der Waals surface area contributed by atoms with Crippen molar-refractivity contribution in [3.05, 3.63) is 30.0 Å². The highest BCUT2D eigenvalue weighted by molar-refractivity contribution is 5.82. The van der Waals surface area contributed by atoms with Crippen LogP contribution in [0.1, 0.15) is 19.4 Å². The molecular formula is C12H15NO2. The van der Waals surface area contributed by atoms with E-state index in [0.717, 1.165) is 23.1 Å². The van der Waals surface area contributed by atoms with E-state index in [2.05, 4.69) is 19.2 Å². The van der Waals surface area contributed by atoms with E-state index in [1.54, 1.807) is 24.5 Å². The maximum absolute atomic E-state index is 9.39. The Bertz CT molecular complexity index is 460. The summed E-state index contributed by atoms with van der Waals surface area (Å²) < 4.78 is 5.39. The number of phenols is 1. The first kappa shape index (κ1) is 10.1. The van der Waals surface area contributed by atoms with Gasteiger partial charge >= 0.3 is 0 Å². The number of phenolic OH excluding ortho intramolecular Hbond substituents is 1. The van der Waals surface area contributed by atoms with Crippen LogP contribution in [-0.4, -0.2) is 11.1 Å². The van der Waals surface area contributed by atoms with Crippen molar-refractivity contribution in [1.82, 2.24) is 5.32 Å². The normalized spacial score (nSPS) is 11.4. The lowest BCUT2D eigenvalue weighted by atomic mass is 10.1. The molecule has 0 saturated heterocycles. The van der Waals surface area contributed by atoms with Crippen LogP contribution < -0.4 is 5.32 Å². The quantitative estimate of drug-likeness (QED) is 0.809. The largest absolute Gasteiger partial charge is 0.508 e. The molecule has 0 amide bonds. The summed E-state index contributed by atoms with van der Waals surface area (Å²) >= 11 is 0. The Balaban J connectivity index is 2.31. The van der Waals surface area contributed by atoms with Crippen molar-refractivity contribution >= 4 is 11.0 Å². The molecule has 1 aromatic heterocycles. The lowest BCUT2D eigenvalue weighted by molar-refractivity contribution is 0.476. The first-order valence-corrected chi connectivity index (χ1v) is 5.09. The zero-order chi connectivity index (χ0) is 10.8. The first-order chi connectivity index (χ1) is 7.16. The number of benzene rings is 1. The van der Waals surface area contributed by atoms with Crippen LogP contribution in [0.15, 0.2) is 28.9 Å². The minimum atomic E-state index is 0.273. The smallest absolute Gasteiger partial charge is 0.134 e. The fourth-order valence-corrected chi connectivity index (χ4v) is 1.52. The lowest BCUT2D eigenvalue weighted by Crippen LogP contribution is -2.21. The number of rotatable bonds is 3. The van der Waals surface area contributed by atoms with Crippen molar-refractivity contribution in [1.29, 1.82) is 0 Å². The second kappa shape index (κ2) is 3.95. The molecule has 1 heterocycles. The van der Waals surface area contributed by atoms with E-state index < -0.39 is 0 Å². The molecule has 2 rings (SSSR count). The topological polar surface area (TPSA) is 45.4 Å². The highest BCUT2D eigenvalue weighted by atomic mass is 16.3. The molecule has 0 bridgehead atoms. The molecule has 0 aliphatic heterocycles. The van der Waals surface area contributed by atoms with E-state index in [1.165, 1.54) is 0 Å². The number of aromatic hydroxyl groups is 1. The van der Waals surface area contributed by atoms with Crippen LogP contribution in [0.3, 0.4) is 0 Å². The van der Waals surface area contributed by atoms with Crippen molar-refractivity contribution < 1.29 is 9.52 Å². The van der Waals surface area contributed by atoms with Gasteiger partial charge in [0.05, 0.1) is 6.26 Å². The maximum atomic E-state index is 9.39. The van der Waals surface area contributed by atoms with Crippen molar-refractivity contribution in [3.8, 4) is 5.75 Å². The number of fused-ring (bicyclic) bond motifs is 1. The van der Waals surface area contributed by atoms with Crippen LogP contribution in [0.25, 0.3) is 11.0 Å². The Morgan fingerprint density at radius 2 is 2.20 bits per heavy atom. The molecule has 2 N–H and O–H groups in total. The molecule has 0 fully saturated rings. The van der Waals surface area contributed by atoms with Crippen LogP contribution in [0.2, 0.25) is 0 Å². The highest BCUT2D eigenvalue weighted by Gasteiger charge is 2.06. The average molecular weight is 205 g/mol. The number of hydrogen-bond donors (Lipinski definition) is 2. The summed E-state index contributed by atoms with van der Waals surface area (Å²) in [4.78, 5) is 0. The molecular weight excluding hydrogens is 190 g/mol. The molecule has 0 saturated carbocycles. The third kappa shape index (κ3) is 2.13. The fraction of sp³-hybridized carbons (Fsp3) is 0.333. The Labute approximate surface area is 88.7 Å². The Hall–Kier alpha value is -1.48. The van der Waals surface area contributed by atoms with Gasteiger partial charge in [-0.3, -0.25) is 0 Å². The molecule has 1 aromatic carbocycles.